The van der Waals surface area contributed by atoms with Crippen LogP contribution in [0.2, 0.25) is 5.02 Å². The number of hydrogen-bond acceptors (Lipinski definition) is 5. The number of para-hydroxylation sites is 1. The Bertz CT molecular complexity index is 1290. The van der Waals surface area contributed by atoms with Crippen molar-refractivity contribution in [2.45, 2.75) is 18.1 Å². The van der Waals surface area contributed by atoms with Crippen LogP contribution < -0.4 is 10.9 Å². The van der Waals surface area contributed by atoms with Crippen LogP contribution in [0.25, 0.3) is 10.9 Å². The fourth-order valence-corrected chi connectivity index (χ4v) is 4.78. The van der Waals surface area contributed by atoms with Crippen LogP contribution in [0.1, 0.15) is 4.88 Å². The van der Waals surface area contributed by atoms with Gasteiger partial charge in [-0.15, -0.1) is 11.3 Å². The number of nitrogens with one attached hydrogen (secondary N) is 1. The number of amides is 1. The van der Waals surface area contributed by atoms with E-state index < -0.39 is 5.82 Å². The molecule has 1 amide bonds. The number of aromatic nitrogens is 2. The molecule has 0 bridgehead atoms. The first-order valence-corrected chi connectivity index (χ1v) is 11.7. The molecule has 0 aliphatic rings. The molecule has 5 nitrogen and oxygen atoms in total. The monoisotopic (exact) mass is 473 g/mol. The summed E-state index contributed by atoms with van der Waals surface area (Å²) in [5, 5.41) is 5.79. The van der Waals surface area contributed by atoms with Gasteiger partial charge in [0.05, 0.1) is 27.4 Å². The lowest BCUT2D eigenvalue weighted by Gasteiger charge is -2.13. The second kappa shape index (κ2) is 9.64. The van der Waals surface area contributed by atoms with E-state index in [2.05, 4.69) is 10.3 Å². The van der Waals surface area contributed by atoms with E-state index in [-0.39, 0.29) is 22.2 Å². The third-order valence-corrected chi connectivity index (χ3v) is 6.75. The summed E-state index contributed by atoms with van der Waals surface area (Å²) >= 11 is 8.78. The fourth-order valence-electron chi connectivity index (χ4n) is 3.04. The molecule has 0 fully saturated rings. The second-order valence-corrected chi connectivity index (χ2v) is 9.04. The van der Waals surface area contributed by atoms with E-state index in [4.69, 9.17) is 11.6 Å². The van der Waals surface area contributed by atoms with Crippen LogP contribution in [0, 0.1) is 5.82 Å². The van der Waals surface area contributed by atoms with Gasteiger partial charge in [-0.1, -0.05) is 41.6 Å². The number of benzene rings is 2. The normalized spacial score (nSPS) is 11.0. The maximum absolute atomic E-state index is 13.2. The maximum atomic E-state index is 13.2. The zero-order valence-electron chi connectivity index (χ0n) is 16.2. The molecule has 4 aromatic rings. The Morgan fingerprint density at radius 3 is 2.81 bits per heavy atom. The minimum absolute atomic E-state index is 0.0253. The number of rotatable bonds is 7. The first-order valence-electron chi connectivity index (χ1n) is 9.41. The zero-order valence-corrected chi connectivity index (χ0v) is 18.6. The van der Waals surface area contributed by atoms with Crippen molar-refractivity contribution in [1.82, 2.24) is 9.55 Å². The van der Waals surface area contributed by atoms with Crippen LogP contribution >= 0.6 is 34.7 Å². The van der Waals surface area contributed by atoms with E-state index in [0.29, 0.717) is 34.7 Å². The summed E-state index contributed by atoms with van der Waals surface area (Å²) in [4.78, 5) is 31.3. The van der Waals surface area contributed by atoms with Gasteiger partial charge in [-0.3, -0.25) is 14.2 Å². The molecule has 0 spiro atoms. The fraction of sp³-hybridized carbons (Fsp3) is 0.136. The van der Waals surface area contributed by atoms with E-state index >= 15 is 0 Å². The number of anilines is 1. The van der Waals surface area contributed by atoms with Gasteiger partial charge >= 0.3 is 0 Å². The molecule has 0 aliphatic carbocycles. The van der Waals surface area contributed by atoms with Gasteiger partial charge in [0, 0.05) is 11.4 Å². The highest BCUT2D eigenvalue weighted by Gasteiger charge is 2.14. The van der Waals surface area contributed by atoms with Crippen LogP contribution in [0.4, 0.5) is 10.1 Å². The zero-order chi connectivity index (χ0) is 21.8. The van der Waals surface area contributed by atoms with Crippen molar-refractivity contribution < 1.29 is 9.18 Å². The number of thioether (sulfide) groups is 1. The molecule has 2 aromatic heterocycles. The summed E-state index contributed by atoms with van der Waals surface area (Å²) in [7, 11) is 0. The van der Waals surface area contributed by atoms with Crippen LogP contribution in [0.5, 0.6) is 0 Å². The molecule has 0 atom stereocenters. The molecule has 1 N–H and O–H groups in total. The van der Waals surface area contributed by atoms with Crippen molar-refractivity contribution in [2.24, 2.45) is 0 Å². The summed E-state index contributed by atoms with van der Waals surface area (Å²) in [5.41, 5.74) is 0.784. The molecule has 0 radical (unpaired) electrons. The molecule has 9 heteroatoms. The Balaban J connectivity index is 1.55. The summed E-state index contributed by atoms with van der Waals surface area (Å²) in [6.45, 7) is 0.463. The second-order valence-electron chi connectivity index (χ2n) is 6.66. The van der Waals surface area contributed by atoms with Gasteiger partial charge in [-0.05, 0) is 48.2 Å². The van der Waals surface area contributed by atoms with Gasteiger partial charge in [-0.2, -0.15) is 0 Å². The smallest absolute Gasteiger partial charge is 0.262 e. The molecular weight excluding hydrogens is 457 g/mol. The quantitative estimate of drug-likeness (QED) is 0.295. The molecule has 31 heavy (non-hydrogen) atoms. The van der Waals surface area contributed by atoms with Crippen LogP contribution in [-0.4, -0.2) is 21.2 Å². The van der Waals surface area contributed by atoms with Gasteiger partial charge in [-0.25, -0.2) is 9.37 Å². The summed E-state index contributed by atoms with van der Waals surface area (Å²) < 4.78 is 14.8. The summed E-state index contributed by atoms with van der Waals surface area (Å²) in [6.07, 6.45) is 0.697. The molecule has 158 valence electrons. The van der Waals surface area contributed by atoms with Crippen molar-refractivity contribution in [1.29, 1.82) is 0 Å². The van der Waals surface area contributed by atoms with Gasteiger partial charge in [0.25, 0.3) is 5.56 Å². The van der Waals surface area contributed by atoms with Crippen molar-refractivity contribution >= 4 is 57.2 Å². The number of fused-ring (bicyclic) bond motifs is 1. The molecule has 0 aliphatic heterocycles. The Hall–Kier alpha value is -2.68. The SMILES string of the molecule is O=C(CSc1nc2ccccc2c(=O)n1CCc1cccs1)Nc1ccc(F)cc1Cl. The number of carbonyl (C=O) groups excluding carboxylic acids is 1. The lowest BCUT2D eigenvalue weighted by Crippen LogP contribution is -2.25. The summed E-state index contributed by atoms with van der Waals surface area (Å²) in [5.74, 6) is -0.782. The standard InChI is InChI=1S/C22H17ClFN3O2S2/c23-17-12-14(24)7-8-19(17)25-20(28)13-31-22-26-18-6-2-1-5-16(18)21(29)27(22)10-9-15-4-3-11-30-15/h1-8,11-12H,9-10,13H2,(H,25,28). The van der Waals surface area contributed by atoms with Gasteiger partial charge in [0.1, 0.15) is 5.82 Å². The van der Waals surface area contributed by atoms with Gasteiger partial charge in [0.2, 0.25) is 5.91 Å². The van der Waals surface area contributed by atoms with E-state index in [1.165, 1.54) is 28.8 Å². The molecule has 2 heterocycles. The van der Waals surface area contributed by atoms with Crippen molar-refractivity contribution in [3.63, 3.8) is 0 Å². The number of thiophene rings is 1. The first kappa shape index (κ1) is 21.5. The van der Waals surface area contributed by atoms with Crippen LogP contribution in [0.15, 0.2) is 69.9 Å². The highest BCUT2D eigenvalue weighted by Crippen LogP contribution is 2.24. The lowest BCUT2D eigenvalue weighted by atomic mass is 10.2. The molecule has 0 unspecified atom stereocenters. The number of hydrogen-bond donors (Lipinski definition) is 1. The van der Waals surface area contributed by atoms with Crippen LogP contribution in [0.3, 0.4) is 0 Å². The molecule has 2 aromatic carbocycles. The average Bonchev–Trinajstić information content (AvgIpc) is 3.27. The number of halogens is 2. The van der Waals surface area contributed by atoms with E-state index in [0.717, 1.165) is 6.07 Å². The largest absolute Gasteiger partial charge is 0.324 e. The molecular formula is C22H17ClFN3O2S2. The predicted octanol–water partition coefficient (Wildman–Crippen LogP) is 5.22. The maximum Gasteiger partial charge on any atom is 0.262 e. The van der Waals surface area contributed by atoms with Crippen LogP contribution in [-0.2, 0) is 17.8 Å². The van der Waals surface area contributed by atoms with E-state index in [9.17, 15) is 14.0 Å². The van der Waals surface area contributed by atoms with Gasteiger partial charge in [0.15, 0.2) is 5.16 Å². The molecule has 0 saturated heterocycles. The average molecular weight is 474 g/mol. The van der Waals surface area contributed by atoms with Crippen molar-refractivity contribution in [3.8, 4) is 0 Å². The van der Waals surface area contributed by atoms with E-state index in [1.54, 1.807) is 28.0 Å². The molecule has 0 saturated carbocycles. The first-order chi connectivity index (χ1) is 15.0. The third-order valence-electron chi connectivity index (χ3n) is 4.53. The van der Waals surface area contributed by atoms with E-state index in [1.807, 2.05) is 29.6 Å². The third kappa shape index (κ3) is 5.15. The Morgan fingerprint density at radius 1 is 1.19 bits per heavy atom. The topological polar surface area (TPSA) is 64.0 Å². The van der Waals surface area contributed by atoms with Crippen molar-refractivity contribution in [2.75, 3.05) is 11.1 Å². The highest BCUT2D eigenvalue weighted by molar-refractivity contribution is 7.99. The number of aryl methyl sites for hydroxylation is 1. The minimum atomic E-state index is -0.479. The Labute approximate surface area is 190 Å². The summed E-state index contributed by atoms with van der Waals surface area (Å²) in [6, 6.07) is 14.9. The molecule has 4 rings (SSSR count). The Morgan fingerprint density at radius 2 is 2.03 bits per heavy atom. The lowest BCUT2D eigenvalue weighted by molar-refractivity contribution is -0.113. The number of carbonyl (C=O) groups is 1. The minimum Gasteiger partial charge on any atom is -0.324 e. The Kier molecular flexibility index (Phi) is 6.70. The van der Waals surface area contributed by atoms with Gasteiger partial charge < -0.3 is 5.32 Å². The predicted molar refractivity (Wildman–Crippen MR) is 125 cm³/mol. The highest BCUT2D eigenvalue weighted by atomic mass is 35.5. The number of nitrogens with zero attached hydrogens (tertiary/aromatic N) is 2. The van der Waals surface area contributed by atoms with Crippen molar-refractivity contribution in [3.05, 3.63) is 86.0 Å².